The lowest BCUT2D eigenvalue weighted by Gasteiger charge is -2.10. The topological polar surface area (TPSA) is 63.8 Å². The molecule has 1 amide bonds. The Bertz CT molecular complexity index is 1250. The van der Waals surface area contributed by atoms with Gasteiger partial charge in [0, 0.05) is 5.39 Å². The van der Waals surface area contributed by atoms with E-state index in [1.165, 1.54) is 31.4 Å². The molecule has 4 aromatic rings. The highest BCUT2D eigenvalue weighted by Gasteiger charge is 2.15. The minimum Gasteiger partial charge on any atom is -0.495 e. The molecule has 1 heterocycles. The van der Waals surface area contributed by atoms with E-state index in [0.29, 0.717) is 22.7 Å². The molecule has 3 aromatic carbocycles. The zero-order valence-corrected chi connectivity index (χ0v) is 15.6. The van der Waals surface area contributed by atoms with Gasteiger partial charge in [0.2, 0.25) is 5.55 Å². The number of carbonyl (C=O) groups excluding carboxylic acids is 1. The van der Waals surface area contributed by atoms with E-state index in [1.807, 2.05) is 24.3 Å². The Morgan fingerprint density at radius 2 is 1.72 bits per heavy atom. The lowest BCUT2D eigenvalue weighted by atomic mass is 10.1. The summed E-state index contributed by atoms with van der Waals surface area (Å²) in [5.74, 6) is -0.228. The van der Waals surface area contributed by atoms with Gasteiger partial charge in [0.25, 0.3) is 5.91 Å². The Balaban J connectivity index is 1.83. The number of fused-ring (bicyclic) bond motifs is 1. The van der Waals surface area contributed by atoms with Crippen LogP contribution in [0, 0.1) is 5.82 Å². The van der Waals surface area contributed by atoms with Crippen molar-refractivity contribution in [3.8, 4) is 5.75 Å². The number of benzene rings is 3. The van der Waals surface area contributed by atoms with E-state index in [9.17, 15) is 9.18 Å². The van der Waals surface area contributed by atoms with Crippen LogP contribution in [-0.2, 0) is 0 Å². The Morgan fingerprint density at radius 3 is 2.52 bits per heavy atom. The van der Waals surface area contributed by atoms with Crippen LogP contribution in [0.25, 0.3) is 11.0 Å². The Labute approximate surface area is 166 Å². The molecule has 0 aliphatic rings. The number of hydrogen-bond donors (Lipinski definition) is 1. The largest absolute Gasteiger partial charge is 0.495 e. The van der Waals surface area contributed by atoms with Gasteiger partial charge in [-0.25, -0.2) is 9.38 Å². The Kier molecular flexibility index (Phi) is 5.07. The van der Waals surface area contributed by atoms with Crippen LogP contribution in [0.15, 0.2) is 88.3 Å². The first-order valence-corrected chi connectivity index (χ1v) is 8.91. The van der Waals surface area contributed by atoms with Crippen LogP contribution in [0.3, 0.4) is 0 Å². The number of halogens is 1. The third-order valence-electron chi connectivity index (χ3n) is 4.31. The molecule has 0 saturated heterocycles. The fourth-order valence-corrected chi connectivity index (χ4v) is 2.89. The molecule has 0 atom stereocenters. The summed E-state index contributed by atoms with van der Waals surface area (Å²) >= 11 is 0. The van der Waals surface area contributed by atoms with E-state index in [4.69, 9.17) is 9.15 Å². The Morgan fingerprint density at radius 1 is 1.00 bits per heavy atom. The molecule has 29 heavy (non-hydrogen) atoms. The van der Waals surface area contributed by atoms with Crippen LogP contribution < -0.4 is 15.6 Å². The van der Waals surface area contributed by atoms with E-state index in [2.05, 4.69) is 10.3 Å². The van der Waals surface area contributed by atoms with Crippen LogP contribution in [0.5, 0.6) is 5.75 Å². The predicted molar refractivity (Wildman–Crippen MR) is 109 cm³/mol. The van der Waals surface area contributed by atoms with Crippen LogP contribution in [0.1, 0.15) is 10.4 Å². The van der Waals surface area contributed by atoms with Gasteiger partial charge in [-0.3, -0.25) is 4.79 Å². The average molecular weight is 388 g/mol. The molecule has 144 valence electrons. The number of nitrogens with one attached hydrogen (secondary N) is 1. The maximum absolute atomic E-state index is 13.2. The third kappa shape index (κ3) is 4.01. The van der Waals surface area contributed by atoms with Crippen LogP contribution >= 0.6 is 0 Å². The number of rotatable bonds is 4. The highest BCUT2D eigenvalue weighted by atomic mass is 19.1. The van der Waals surface area contributed by atoms with Crippen molar-refractivity contribution in [2.45, 2.75) is 0 Å². The third-order valence-corrected chi connectivity index (χ3v) is 4.31. The molecule has 5 nitrogen and oxygen atoms in total. The number of carbonyl (C=O) groups is 1. The molecule has 0 bridgehead atoms. The van der Waals surface area contributed by atoms with Crippen molar-refractivity contribution in [3.63, 3.8) is 0 Å². The van der Waals surface area contributed by atoms with Gasteiger partial charge in [-0.05, 0) is 48.5 Å². The first-order valence-electron chi connectivity index (χ1n) is 8.91. The Hall–Kier alpha value is -3.93. The minimum absolute atomic E-state index is 0.128. The molecule has 0 fully saturated rings. The molecule has 4 rings (SSSR count). The lowest BCUT2D eigenvalue weighted by molar-refractivity contribution is 0.102. The van der Waals surface area contributed by atoms with Crippen molar-refractivity contribution < 1.29 is 18.3 Å². The van der Waals surface area contributed by atoms with Gasteiger partial charge >= 0.3 is 0 Å². The normalized spacial score (nSPS) is 11.4. The molecule has 0 aliphatic carbocycles. The number of ether oxygens (including phenoxy) is 1. The molecule has 0 aliphatic heterocycles. The second-order valence-corrected chi connectivity index (χ2v) is 6.25. The maximum Gasteiger partial charge on any atom is 0.261 e. The van der Waals surface area contributed by atoms with Gasteiger partial charge in [0.15, 0.2) is 0 Å². The van der Waals surface area contributed by atoms with Crippen molar-refractivity contribution in [1.82, 2.24) is 0 Å². The predicted octanol–water partition coefficient (Wildman–Crippen LogP) is 5.07. The minimum atomic E-state index is -0.398. The van der Waals surface area contributed by atoms with Crippen LogP contribution in [0.4, 0.5) is 15.8 Å². The van der Waals surface area contributed by atoms with Gasteiger partial charge in [0.1, 0.15) is 22.7 Å². The van der Waals surface area contributed by atoms with Gasteiger partial charge in [-0.1, -0.05) is 30.3 Å². The summed E-state index contributed by atoms with van der Waals surface area (Å²) in [6, 6.07) is 21.8. The van der Waals surface area contributed by atoms with Gasteiger partial charge < -0.3 is 14.5 Å². The standard InChI is InChI=1S/C23H17FN2O3/c1-28-21-9-5-3-7-19(21)26-22(27)18-14-15-6-2-4-8-20(15)29-23(18)25-17-12-10-16(24)11-13-17/h2-14H,1H3,(H,26,27). The summed E-state index contributed by atoms with van der Waals surface area (Å²) in [6.45, 7) is 0. The SMILES string of the molecule is COc1ccccc1NC(=O)c1cc2ccccc2oc1=Nc1ccc(F)cc1. The quantitative estimate of drug-likeness (QED) is 0.531. The molecule has 0 unspecified atom stereocenters. The van der Waals surface area contributed by atoms with E-state index < -0.39 is 5.91 Å². The fraction of sp³-hybridized carbons (Fsp3) is 0.0435. The first-order chi connectivity index (χ1) is 14.1. The van der Waals surface area contributed by atoms with Crippen LogP contribution in [0.2, 0.25) is 0 Å². The molecular formula is C23H17FN2O3. The smallest absolute Gasteiger partial charge is 0.261 e. The summed E-state index contributed by atoms with van der Waals surface area (Å²) in [5, 5.41) is 3.59. The van der Waals surface area contributed by atoms with E-state index >= 15 is 0 Å². The van der Waals surface area contributed by atoms with E-state index in [0.717, 1.165) is 5.39 Å². The number of methoxy groups -OCH3 is 1. The second kappa shape index (κ2) is 7.98. The number of para-hydroxylation sites is 3. The van der Waals surface area contributed by atoms with Crippen LogP contribution in [-0.4, -0.2) is 13.0 Å². The summed E-state index contributed by atoms with van der Waals surface area (Å²) in [6.07, 6.45) is 0. The van der Waals surface area contributed by atoms with E-state index in [-0.39, 0.29) is 16.9 Å². The van der Waals surface area contributed by atoms with Crippen molar-refractivity contribution in [2.75, 3.05) is 12.4 Å². The zero-order chi connectivity index (χ0) is 20.2. The molecule has 0 spiro atoms. The molecule has 1 aromatic heterocycles. The zero-order valence-electron chi connectivity index (χ0n) is 15.6. The summed E-state index contributed by atoms with van der Waals surface area (Å²) in [4.78, 5) is 17.5. The van der Waals surface area contributed by atoms with Gasteiger partial charge in [-0.15, -0.1) is 0 Å². The van der Waals surface area contributed by atoms with Crippen molar-refractivity contribution >= 4 is 28.3 Å². The molecule has 1 N–H and O–H groups in total. The van der Waals surface area contributed by atoms with Crippen molar-refractivity contribution in [3.05, 3.63) is 95.8 Å². The van der Waals surface area contributed by atoms with Gasteiger partial charge in [0.05, 0.1) is 18.5 Å². The maximum atomic E-state index is 13.2. The molecular weight excluding hydrogens is 371 g/mol. The van der Waals surface area contributed by atoms with Crippen molar-refractivity contribution in [2.24, 2.45) is 4.99 Å². The lowest BCUT2D eigenvalue weighted by Crippen LogP contribution is -2.21. The van der Waals surface area contributed by atoms with Gasteiger partial charge in [-0.2, -0.15) is 0 Å². The highest BCUT2D eigenvalue weighted by Crippen LogP contribution is 2.24. The fourth-order valence-electron chi connectivity index (χ4n) is 2.89. The first kappa shape index (κ1) is 18.4. The van der Waals surface area contributed by atoms with E-state index in [1.54, 1.807) is 30.3 Å². The monoisotopic (exact) mass is 388 g/mol. The molecule has 6 heteroatoms. The summed E-state index contributed by atoms with van der Waals surface area (Å²) in [7, 11) is 1.53. The molecule has 0 saturated carbocycles. The molecule has 0 radical (unpaired) electrons. The number of hydrogen-bond acceptors (Lipinski definition) is 4. The number of nitrogens with zero attached hydrogens (tertiary/aromatic N) is 1. The average Bonchev–Trinajstić information content (AvgIpc) is 2.75. The summed E-state index contributed by atoms with van der Waals surface area (Å²) in [5.41, 5.74) is 1.96. The number of anilines is 1. The summed E-state index contributed by atoms with van der Waals surface area (Å²) < 4.78 is 24.4. The van der Waals surface area contributed by atoms with Crippen molar-refractivity contribution in [1.29, 1.82) is 0 Å². The highest BCUT2D eigenvalue weighted by molar-refractivity contribution is 6.06. The number of amides is 1. The second-order valence-electron chi connectivity index (χ2n) is 6.25.